The van der Waals surface area contributed by atoms with E-state index < -0.39 is 6.10 Å². The molecule has 0 aliphatic rings. The van der Waals surface area contributed by atoms with Gasteiger partial charge in [-0.3, -0.25) is 15.1 Å². The first kappa shape index (κ1) is 18.6. The van der Waals surface area contributed by atoms with Crippen LogP contribution in [0.15, 0.2) is 42.7 Å². The molecule has 0 radical (unpaired) electrons. The van der Waals surface area contributed by atoms with E-state index in [1.54, 1.807) is 30.6 Å². The number of aromatic nitrogens is 3. The van der Waals surface area contributed by atoms with Crippen molar-refractivity contribution in [3.63, 3.8) is 0 Å². The van der Waals surface area contributed by atoms with Gasteiger partial charge in [-0.2, -0.15) is 0 Å². The third kappa shape index (κ3) is 4.49. The van der Waals surface area contributed by atoms with E-state index in [9.17, 15) is 4.79 Å². The van der Waals surface area contributed by atoms with E-state index in [1.807, 2.05) is 19.1 Å². The summed E-state index contributed by atoms with van der Waals surface area (Å²) >= 11 is 13.3. The van der Waals surface area contributed by atoms with E-state index in [1.165, 1.54) is 11.3 Å². The van der Waals surface area contributed by atoms with Gasteiger partial charge >= 0.3 is 0 Å². The van der Waals surface area contributed by atoms with Crippen LogP contribution in [-0.4, -0.2) is 27.2 Å². The van der Waals surface area contributed by atoms with Gasteiger partial charge in [-0.15, -0.1) is 10.2 Å². The maximum atomic E-state index is 12.5. The molecule has 0 fully saturated rings. The summed E-state index contributed by atoms with van der Waals surface area (Å²) in [4.78, 5) is 16.5. The molecule has 134 valence electrons. The minimum atomic E-state index is -0.739. The van der Waals surface area contributed by atoms with Crippen LogP contribution in [0, 0.1) is 0 Å². The number of carbonyl (C=O) groups excluding carboxylic acids is 1. The van der Waals surface area contributed by atoms with Gasteiger partial charge in [-0.1, -0.05) is 41.5 Å². The maximum Gasteiger partial charge on any atom is 0.267 e. The molecule has 2 aromatic heterocycles. The number of nitrogens with zero attached hydrogens (tertiary/aromatic N) is 3. The second-order valence-corrected chi connectivity index (χ2v) is 7.05. The summed E-state index contributed by atoms with van der Waals surface area (Å²) in [7, 11) is 0. The SMILES string of the molecule is CC[C@@H](Oc1cc(Cl)ccc1Cl)C(=O)Nc1nnc(-c2cccnc2)s1. The van der Waals surface area contributed by atoms with Crippen LogP contribution in [-0.2, 0) is 4.79 Å². The van der Waals surface area contributed by atoms with Gasteiger partial charge in [-0.25, -0.2) is 0 Å². The zero-order chi connectivity index (χ0) is 18.5. The summed E-state index contributed by atoms with van der Waals surface area (Å²) in [5.41, 5.74) is 0.833. The molecule has 1 aromatic carbocycles. The van der Waals surface area contributed by atoms with Crippen LogP contribution in [0.3, 0.4) is 0 Å². The lowest BCUT2D eigenvalue weighted by atomic mass is 10.2. The molecule has 1 amide bonds. The van der Waals surface area contributed by atoms with E-state index >= 15 is 0 Å². The molecule has 9 heteroatoms. The Balaban J connectivity index is 1.70. The summed E-state index contributed by atoms with van der Waals surface area (Å²) in [6.45, 7) is 1.84. The van der Waals surface area contributed by atoms with Crippen molar-refractivity contribution in [3.05, 3.63) is 52.8 Å². The van der Waals surface area contributed by atoms with Crippen LogP contribution < -0.4 is 10.1 Å². The number of nitrogens with one attached hydrogen (secondary N) is 1. The Morgan fingerprint density at radius 2 is 2.15 bits per heavy atom. The predicted molar refractivity (Wildman–Crippen MR) is 103 cm³/mol. The quantitative estimate of drug-likeness (QED) is 0.639. The highest BCUT2D eigenvalue weighted by Gasteiger charge is 2.21. The summed E-state index contributed by atoms with van der Waals surface area (Å²) < 4.78 is 5.72. The number of hydrogen-bond donors (Lipinski definition) is 1. The largest absolute Gasteiger partial charge is 0.479 e. The molecule has 1 atom stereocenters. The standard InChI is InChI=1S/C17H14Cl2N4O2S/c1-2-13(25-14-8-11(18)5-6-12(14)19)15(24)21-17-23-22-16(26-17)10-4-3-7-20-9-10/h3-9,13H,2H2,1H3,(H,21,23,24)/t13-/m1/s1. The number of halogens is 2. The number of hydrogen-bond acceptors (Lipinski definition) is 6. The van der Waals surface area contributed by atoms with Crippen molar-refractivity contribution in [1.82, 2.24) is 15.2 Å². The molecule has 0 saturated heterocycles. The number of rotatable bonds is 6. The zero-order valence-electron chi connectivity index (χ0n) is 13.6. The van der Waals surface area contributed by atoms with Gasteiger partial charge in [0.25, 0.3) is 5.91 Å². The number of anilines is 1. The van der Waals surface area contributed by atoms with Crippen molar-refractivity contribution in [2.24, 2.45) is 0 Å². The molecule has 0 saturated carbocycles. The van der Waals surface area contributed by atoms with Crippen LogP contribution >= 0.6 is 34.5 Å². The fourth-order valence-electron chi connectivity index (χ4n) is 2.11. The lowest BCUT2D eigenvalue weighted by molar-refractivity contribution is -0.122. The van der Waals surface area contributed by atoms with Crippen LogP contribution in [0.5, 0.6) is 5.75 Å². The van der Waals surface area contributed by atoms with Crippen molar-refractivity contribution < 1.29 is 9.53 Å². The number of ether oxygens (including phenoxy) is 1. The Labute approximate surface area is 164 Å². The minimum Gasteiger partial charge on any atom is -0.479 e. The first-order valence-electron chi connectivity index (χ1n) is 7.73. The highest BCUT2D eigenvalue weighted by atomic mass is 35.5. The molecule has 26 heavy (non-hydrogen) atoms. The van der Waals surface area contributed by atoms with Crippen molar-refractivity contribution >= 4 is 45.6 Å². The van der Waals surface area contributed by atoms with Crippen LogP contribution in [0.25, 0.3) is 10.6 Å². The third-order valence-electron chi connectivity index (χ3n) is 3.39. The smallest absolute Gasteiger partial charge is 0.267 e. The van der Waals surface area contributed by atoms with Gasteiger partial charge in [0.1, 0.15) is 5.75 Å². The summed E-state index contributed by atoms with van der Waals surface area (Å²) in [6.07, 6.45) is 3.07. The van der Waals surface area contributed by atoms with Gasteiger partial charge in [0, 0.05) is 29.0 Å². The Morgan fingerprint density at radius 1 is 1.31 bits per heavy atom. The highest BCUT2D eigenvalue weighted by Crippen LogP contribution is 2.30. The first-order valence-corrected chi connectivity index (χ1v) is 9.30. The van der Waals surface area contributed by atoms with Gasteiger partial charge in [0.15, 0.2) is 11.1 Å². The third-order valence-corrected chi connectivity index (χ3v) is 4.82. The normalized spacial score (nSPS) is 11.8. The van der Waals surface area contributed by atoms with Gasteiger partial charge in [0.05, 0.1) is 5.02 Å². The van der Waals surface area contributed by atoms with Gasteiger partial charge in [-0.05, 0) is 30.7 Å². The summed E-state index contributed by atoms with van der Waals surface area (Å²) in [5.74, 6) is 0.0203. The van der Waals surface area contributed by atoms with Crippen molar-refractivity contribution in [1.29, 1.82) is 0 Å². The van der Waals surface area contributed by atoms with E-state index in [-0.39, 0.29) is 5.91 Å². The van der Waals surface area contributed by atoms with E-state index in [0.717, 1.165) is 5.56 Å². The fraction of sp³-hybridized carbons (Fsp3) is 0.176. The second-order valence-electron chi connectivity index (χ2n) is 5.23. The lowest BCUT2D eigenvalue weighted by Gasteiger charge is -2.17. The number of amides is 1. The van der Waals surface area contributed by atoms with E-state index in [2.05, 4.69) is 20.5 Å². The Hall–Kier alpha value is -2.22. The Morgan fingerprint density at radius 3 is 2.88 bits per heavy atom. The van der Waals surface area contributed by atoms with Crippen LogP contribution in [0.4, 0.5) is 5.13 Å². The van der Waals surface area contributed by atoms with Crippen molar-refractivity contribution in [2.75, 3.05) is 5.32 Å². The monoisotopic (exact) mass is 408 g/mol. The second kappa shape index (κ2) is 8.44. The average molecular weight is 409 g/mol. The number of benzene rings is 1. The molecule has 0 unspecified atom stereocenters. The summed E-state index contributed by atoms with van der Waals surface area (Å²) in [6, 6.07) is 8.53. The summed E-state index contributed by atoms with van der Waals surface area (Å²) in [5, 5.41) is 12.7. The Bertz CT molecular complexity index is 905. The molecule has 0 bridgehead atoms. The topological polar surface area (TPSA) is 77.0 Å². The first-order chi connectivity index (χ1) is 12.6. The molecule has 2 heterocycles. The molecule has 6 nitrogen and oxygen atoms in total. The molecular formula is C17H14Cl2N4O2S. The van der Waals surface area contributed by atoms with Crippen molar-refractivity contribution in [3.8, 4) is 16.3 Å². The number of carbonyl (C=O) groups is 1. The van der Waals surface area contributed by atoms with Gasteiger partial charge in [0.2, 0.25) is 5.13 Å². The average Bonchev–Trinajstić information content (AvgIpc) is 3.11. The molecule has 3 aromatic rings. The van der Waals surface area contributed by atoms with Crippen LogP contribution in [0.2, 0.25) is 10.0 Å². The molecule has 0 aliphatic carbocycles. The van der Waals surface area contributed by atoms with E-state index in [4.69, 9.17) is 27.9 Å². The molecule has 0 aliphatic heterocycles. The van der Waals surface area contributed by atoms with Crippen molar-refractivity contribution in [2.45, 2.75) is 19.4 Å². The molecule has 0 spiro atoms. The lowest BCUT2D eigenvalue weighted by Crippen LogP contribution is -2.32. The fourth-order valence-corrected chi connectivity index (χ4v) is 3.17. The number of pyridine rings is 1. The predicted octanol–water partition coefficient (Wildman–Crippen LogP) is 4.70. The van der Waals surface area contributed by atoms with Gasteiger partial charge < -0.3 is 4.74 Å². The molecular weight excluding hydrogens is 395 g/mol. The minimum absolute atomic E-state index is 0.336. The molecule has 3 rings (SSSR count). The zero-order valence-corrected chi connectivity index (χ0v) is 16.0. The molecule has 1 N–H and O–H groups in total. The maximum absolute atomic E-state index is 12.5. The van der Waals surface area contributed by atoms with Crippen LogP contribution in [0.1, 0.15) is 13.3 Å². The van der Waals surface area contributed by atoms with E-state index in [0.29, 0.717) is 32.4 Å². The highest BCUT2D eigenvalue weighted by molar-refractivity contribution is 7.18. The Kier molecular flexibility index (Phi) is 6.03.